The predicted octanol–water partition coefficient (Wildman–Crippen LogP) is 3.59. The number of esters is 2. The zero-order valence-electron chi connectivity index (χ0n) is 17.2. The molecule has 7 nitrogen and oxygen atoms in total. The SMILES string of the molecule is COC(=O)c1ccc(OCC(F)CCOCc2ccc(OC)cc2)cc1C(=O)OC. The van der Waals surface area contributed by atoms with Crippen LogP contribution in [0.1, 0.15) is 32.7 Å². The Balaban J connectivity index is 1.81. The third-order valence-corrected chi connectivity index (χ3v) is 4.24. The molecule has 0 radical (unpaired) electrons. The van der Waals surface area contributed by atoms with Crippen LogP contribution in [0.5, 0.6) is 11.5 Å². The third kappa shape index (κ3) is 6.73. The van der Waals surface area contributed by atoms with Crippen molar-refractivity contribution in [3.63, 3.8) is 0 Å². The minimum Gasteiger partial charge on any atom is -0.497 e. The normalized spacial score (nSPS) is 11.5. The van der Waals surface area contributed by atoms with Gasteiger partial charge in [0.15, 0.2) is 0 Å². The van der Waals surface area contributed by atoms with E-state index in [-0.39, 0.29) is 36.5 Å². The second kappa shape index (κ2) is 11.8. The number of hydrogen-bond donors (Lipinski definition) is 0. The fourth-order valence-corrected chi connectivity index (χ4v) is 2.57. The number of ether oxygens (including phenoxy) is 5. The van der Waals surface area contributed by atoms with Crippen molar-refractivity contribution in [1.82, 2.24) is 0 Å². The molecule has 0 saturated heterocycles. The highest BCUT2D eigenvalue weighted by Gasteiger charge is 2.19. The molecule has 2 aromatic carbocycles. The van der Waals surface area contributed by atoms with Crippen LogP contribution in [0, 0.1) is 0 Å². The average Bonchev–Trinajstić information content (AvgIpc) is 2.79. The molecule has 2 aromatic rings. The van der Waals surface area contributed by atoms with Gasteiger partial charge in [-0.25, -0.2) is 14.0 Å². The van der Waals surface area contributed by atoms with Crippen molar-refractivity contribution < 1.29 is 37.7 Å². The van der Waals surface area contributed by atoms with Gasteiger partial charge >= 0.3 is 11.9 Å². The van der Waals surface area contributed by atoms with E-state index in [0.29, 0.717) is 6.61 Å². The number of alkyl halides is 1. The van der Waals surface area contributed by atoms with Crippen molar-refractivity contribution in [2.24, 2.45) is 0 Å². The highest BCUT2D eigenvalue weighted by Crippen LogP contribution is 2.20. The van der Waals surface area contributed by atoms with Crippen LogP contribution in [-0.4, -0.2) is 52.7 Å². The number of carbonyl (C=O) groups is 2. The van der Waals surface area contributed by atoms with Crippen LogP contribution in [0.25, 0.3) is 0 Å². The summed E-state index contributed by atoms with van der Waals surface area (Å²) in [5.41, 5.74) is 0.990. The van der Waals surface area contributed by atoms with Crippen molar-refractivity contribution in [2.45, 2.75) is 19.2 Å². The van der Waals surface area contributed by atoms with E-state index < -0.39 is 18.1 Å². The Kier molecular flexibility index (Phi) is 9.08. The number of benzene rings is 2. The van der Waals surface area contributed by atoms with Gasteiger partial charge in [0.1, 0.15) is 24.3 Å². The molecular weight excluding hydrogens is 395 g/mol. The number of hydrogen-bond acceptors (Lipinski definition) is 7. The van der Waals surface area contributed by atoms with Gasteiger partial charge in [0, 0.05) is 13.0 Å². The first-order valence-corrected chi connectivity index (χ1v) is 9.26. The van der Waals surface area contributed by atoms with Crippen LogP contribution in [0.15, 0.2) is 42.5 Å². The van der Waals surface area contributed by atoms with Gasteiger partial charge in [0.2, 0.25) is 0 Å². The summed E-state index contributed by atoms with van der Waals surface area (Å²) in [5, 5.41) is 0. The molecule has 8 heteroatoms. The summed E-state index contributed by atoms with van der Waals surface area (Å²) in [4.78, 5) is 23.7. The van der Waals surface area contributed by atoms with E-state index in [1.165, 1.54) is 32.4 Å². The number of carbonyl (C=O) groups excluding carboxylic acids is 2. The molecule has 0 saturated carbocycles. The minimum atomic E-state index is -1.26. The van der Waals surface area contributed by atoms with Gasteiger partial charge in [-0.15, -0.1) is 0 Å². The Morgan fingerprint density at radius 2 is 1.53 bits per heavy atom. The molecule has 30 heavy (non-hydrogen) atoms. The molecule has 0 spiro atoms. The monoisotopic (exact) mass is 420 g/mol. The van der Waals surface area contributed by atoms with Gasteiger partial charge in [0.05, 0.1) is 39.1 Å². The lowest BCUT2D eigenvalue weighted by Crippen LogP contribution is -2.16. The quantitative estimate of drug-likeness (QED) is 0.406. The Bertz CT molecular complexity index is 836. The maximum atomic E-state index is 14.1. The second-order valence-corrected chi connectivity index (χ2v) is 6.29. The average molecular weight is 420 g/mol. The van der Waals surface area contributed by atoms with Crippen LogP contribution in [0.2, 0.25) is 0 Å². The van der Waals surface area contributed by atoms with Gasteiger partial charge in [-0.2, -0.15) is 0 Å². The Morgan fingerprint density at radius 1 is 0.900 bits per heavy atom. The van der Waals surface area contributed by atoms with Crippen molar-refractivity contribution >= 4 is 11.9 Å². The van der Waals surface area contributed by atoms with E-state index >= 15 is 0 Å². The first-order chi connectivity index (χ1) is 14.5. The summed E-state index contributed by atoms with van der Waals surface area (Å²) >= 11 is 0. The molecule has 0 fully saturated rings. The van der Waals surface area contributed by atoms with E-state index in [1.807, 2.05) is 24.3 Å². The van der Waals surface area contributed by atoms with Crippen LogP contribution in [-0.2, 0) is 20.8 Å². The summed E-state index contributed by atoms with van der Waals surface area (Å²) in [6, 6.07) is 11.6. The predicted molar refractivity (Wildman–Crippen MR) is 107 cm³/mol. The maximum absolute atomic E-state index is 14.1. The van der Waals surface area contributed by atoms with Gasteiger partial charge in [0.25, 0.3) is 0 Å². The molecule has 162 valence electrons. The van der Waals surface area contributed by atoms with Crippen molar-refractivity contribution in [3.05, 3.63) is 59.2 Å². The summed E-state index contributed by atoms with van der Waals surface area (Å²) in [6.45, 7) is 0.379. The standard InChI is InChI=1S/C22H25FO7/c1-26-17-6-4-15(5-7-17)13-29-11-10-16(23)14-30-18-8-9-19(21(24)27-2)20(12-18)22(25)28-3/h4-9,12,16H,10-11,13-14H2,1-3H3. The molecule has 0 aromatic heterocycles. The van der Waals surface area contributed by atoms with Gasteiger partial charge < -0.3 is 23.7 Å². The topological polar surface area (TPSA) is 80.3 Å². The number of rotatable bonds is 11. The number of methoxy groups -OCH3 is 3. The summed E-state index contributed by atoms with van der Waals surface area (Å²) < 4.78 is 39.4. The summed E-state index contributed by atoms with van der Waals surface area (Å²) in [5.74, 6) is -0.400. The van der Waals surface area contributed by atoms with Crippen LogP contribution >= 0.6 is 0 Å². The smallest absolute Gasteiger partial charge is 0.338 e. The Hall–Kier alpha value is -3.13. The minimum absolute atomic E-state index is 0.0138. The highest BCUT2D eigenvalue weighted by atomic mass is 19.1. The molecule has 0 N–H and O–H groups in total. The molecule has 0 heterocycles. The fraction of sp³-hybridized carbons (Fsp3) is 0.364. The van der Waals surface area contributed by atoms with E-state index in [2.05, 4.69) is 9.47 Å². The van der Waals surface area contributed by atoms with Crippen LogP contribution in [0.3, 0.4) is 0 Å². The first-order valence-electron chi connectivity index (χ1n) is 9.26. The molecule has 0 aliphatic rings. The molecular formula is C22H25FO7. The summed E-state index contributed by atoms with van der Waals surface area (Å²) in [7, 11) is 4.00. The lowest BCUT2D eigenvalue weighted by molar-refractivity contribution is 0.0554. The van der Waals surface area contributed by atoms with Gasteiger partial charge in [-0.1, -0.05) is 12.1 Å². The summed E-state index contributed by atoms with van der Waals surface area (Å²) in [6.07, 6.45) is -1.11. The fourth-order valence-electron chi connectivity index (χ4n) is 2.57. The second-order valence-electron chi connectivity index (χ2n) is 6.29. The van der Waals surface area contributed by atoms with Crippen molar-refractivity contribution in [1.29, 1.82) is 0 Å². The van der Waals surface area contributed by atoms with E-state index in [9.17, 15) is 14.0 Å². The van der Waals surface area contributed by atoms with Crippen molar-refractivity contribution in [2.75, 3.05) is 34.5 Å². The Labute approximate surface area is 174 Å². The van der Waals surface area contributed by atoms with Crippen molar-refractivity contribution in [3.8, 4) is 11.5 Å². The van der Waals surface area contributed by atoms with E-state index in [4.69, 9.17) is 14.2 Å². The first kappa shape index (κ1) is 23.2. The number of halogens is 1. The molecule has 1 unspecified atom stereocenters. The Morgan fingerprint density at radius 3 is 2.17 bits per heavy atom. The molecule has 0 aliphatic carbocycles. The molecule has 2 rings (SSSR count). The van der Waals surface area contributed by atoms with Gasteiger partial charge in [-0.05, 0) is 35.9 Å². The third-order valence-electron chi connectivity index (χ3n) is 4.24. The van der Waals surface area contributed by atoms with Crippen LogP contribution < -0.4 is 9.47 Å². The highest BCUT2D eigenvalue weighted by molar-refractivity contribution is 6.03. The molecule has 0 amide bonds. The van der Waals surface area contributed by atoms with Gasteiger partial charge in [-0.3, -0.25) is 0 Å². The lowest BCUT2D eigenvalue weighted by atomic mass is 10.1. The largest absolute Gasteiger partial charge is 0.497 e. The molecule has 1 atom stereocenters. The molecule has 0 aliphatic heterocycles. The zero-order chi connectivity index (χ0) is 21.9. The van der Waals surface area contributed by atoms with E-state index in [0.717, 1.165) is 11.3 Å². The van der Waals surface area contributed by atoms with Crippen LogP contribution in [0.4, 0.5) is 4.39 Å². The maximum Gasteiger partial charge on any atom is 0.338 e. The molecule has 0 bridgehead atoms. The lowest BCUT2D eigenvalue weighted by Gasteiger charge is -2.13. The van der Waals surface area contributed by atoms with E-state index in [1.54, 1.807) is 7.11 Å². The zero-order valence-corrected chi connectivity index (χ0v) is 17.2.